The zero-order valence-electron chi connectivity index (χ0n) is 13.9. The van der Waals surface area contributed by atoms with E-state index in [1.165, 1.54) is 0 Å². The quantitative estimate of drug-likeness (QED) is 0.651. The van der Waals surface area contributed by atoms with Crippen molar-refractivity contribution < 1.29 is 24.5 Å². The largest absolute Gasteiger partial charge is 0.505 e. The van der Waals surface area contributed by atoms with Gasteiger partial charge in [-0.05, 0) is 37.3 Å². The lowest BCUT2D eigenvalue weighted by Crippen LogP contribution is -2.30. The van der Waals surface area contributed by atoms with E-state index < -0.39 is 18.4 Å². The molecule has 7 nitrogen and oxygen atoms in total. The Balaban J connectivity index is 2.05. The van der Waals surface area contributed by atoms with Gasteiger partial charge in [-0.25, -0.2) is 4.98 Å². The van der Waals surface area contributed by atoms with Gasteiger partial charge >= 0.3 is 5.97 Å². The number of carboxylic acids is 1. The van der Waals surface area contributed by atoms with Crippen LogP contribution in [-0.4, -0.2) is 33.6 Å². The summed E-state index contributed by atoms with van der Waals surface area (Å²) in [6.07, 6.45) is 0. The van der Waals surface area contributed by atoms with Crippen LogP contribution in [0.25, 0.3) is 10.8 Å². The summed E-state index contributed by atoms with van der Waals surface area (Å²) in [7, 11) is 0. The molecule has 0 aliphatic rings. The number of aromatic hydroxyl groups is 1. The number of pyridine rings is 1. The first-order valence-corrected chi connectivity index (χ1v) is 7.82. The van der Waals surface area contributed by atoms with Crippen LogP contribution < -0.4 is 10.1 Å². The minimum Gasteiger partial charge on any atom is -0.505 e. The molecule has 0 bridgehead atoms. The zero-order valence-corrected chi connectivity index (χ0v) is 13.9. The van der Waals surface area contributed by atoms with Crippen LogP contribution in [0.3, 0.4) is 0 Å². The summed E-state index contributed by atoms with van der Waals surface area (Å²) in [6, 6.07) is 14.0. The summed E-state index contributed by atoms with van der Waals surface area (Å²) in [4.78, 5) is 27.1. The van der Waals surface area contributed by atoms with Crippen LogP contribution in [0.5, 0.6) is 17.2 Å². The maximum atomic E-state index is 12.3. The Labute approximate surface area is 148 Å². The molecular weight excluding hydrogens is 336 g/mol. The summed E-state index contributed by atoms with van der Waals surface area (Å²) in [5, 5.41) is 22.0. The second kappa shape index (κ2) is 7.10. The number of nitrogens with one attached hydrogen (secondary N) is 1. The normalized spacial score (nSPS) is 10.5. The van der Waals surface area contributed by atoms with Crippen LogP contribution in [0.1, 0.15) is 16.2 Å². The average Bonchev–Trinajstić information content (AvgIpc) is 2.63. The molecule has 1 heterocycles. The molecule has 3 aromatic rings. The Kier molecular flexibility index (Phi) is 4.70. The van der Waals surface area contributed by atoms with E-state index in [9.17, 15) is 14.7 Å². The van der Waals surface area contributed by atoms with E-state index in [-0.39, 0.29) is 17.1 Å². The first-order valence-electron chi connectivity index (χ1n) is 7.82. The molecule has 0 unspecified atom stereocenters. The molecule has 0 aliphatic heterocycles. The lowest BCUT2D eigenvalue weighted by Gasteiger charge is -2.12. The highest BCUT2D eigenvalue weighted by Gasteiger charge is 2.18. The Morgan fingerprint density at radius 2 is 1.81 bits per heavy atom. The van der Waals surface area contributed by atoms with Gasteiger partial charge < -0.3 is 20.3 Å². The first-order chi connectivity index (χ1) is 12.5. The van der Waals surface area contributed by atoms with Gasteiger partial charge in [0.05, 0.1) is 5.69 Å². The highest BCUT2D eigenvalue weighted by Crippen LogP contribution is 2.33. The molecule has 3 rings (SSSR count). The van der Waals surface area contributed by atoms with E-state index in [0.29, 0.717) is 22.3 Å². The number of para-hydroxylation sites is 1. The number of ether oxygens (including phenoxy) is 1. The van der Waals surface area contributed by atoms with Crippen LogP contribution in [0, 0.1) is 6.92 Å². The smallest absolute Gasteiger partial charge is 0.322 e. The number of aliphatic carboxylic acids is 1. The Hall–Kier alpha value is -3.61. The molecule has 26 heavy (non-hydrogen) atoms. The molecule has 0 saturated heterocycles. The second-order valence-electron chi connectivity index (χ2n) is 5.59. The van der Waals surface area contributed by atoms with Crippen molar-refractivity contribution in [3.05, 3.63) is 59.9 Å². The molecule has 7 heteroatoms. The molecule has 0 radical (unpaired) electrons. The predicted octanol–water partition coefficient (Wildman–Crippen LogP) is 2.86. The summed E-state index contributed by atoms with van der Waals surface area (Å²) < 4.78 is 5.75. The van der Waals surface area contributed by atoms with Crippen molar-refractivity contribution in [3.8, 4) is 17.2 Å². The number of amides is 1. The highest BCUT2D eigenvalue weighted by atomic mass is 16.5. The number of fused-ring (bicyclic) bond motifs is 1. The number of hydrogen-bond donors (Lipinski definition) is 3. The van der Waals surface area contributed by atoms with Gasteiger partial charge in [0, 0.05) is 10.8 Å². The Bertz CT molecular complexity index is 986. The van der Waals surface area contributed by atoms with E-state index in [0.717, 1.165) is 0 Å². The standard InChI is InChI=1S/C19H16N2O5/c1-11-18(24)14-8-7-13(26-12-5-3-2-4-6-12)9-15(14)17(21-11)19(25)20-10-16(22)23/h2-9,24H,10H2,1H3,(H,20,25)(H,22,23). The summed E-state index contributed by atoms with van der Waals surface area (Å²) in [6.45, 7) is 1.04. The van der Waals surface area contributed by atoms with Gasteiger partial charge in [0.2, 0.25) is 0 Å². The third kappa shape index (κ3) is 3.56. The molecule has 1 aromatic heterocycles. The van der Waals surface area contributed by atoms with Crippen molar-refractivity contribution in [1.29, 1.82) is 0 Å². The summed E-state index contributed by atoms with van der Waals surface area (Å²) in [5.41, 5.74) is 0.296. The number of carboxylic acid groups (broad SMARTS) is 1. The lowest BCUT2D eigenvalue weighted by atomic mass is 10.1. The zero-order chi connectivity index (χ0) is 18.7. The lowest BCUT2D eigenvalue weighted by molar-refractivity contribution is -0.135. The van der Waals surface area contributed by atoms with Crippen LogP contribution in [0.15, 0.2) is 48.5 Å². The van der Waals surface area contributed by atoms with Crippen LogP contribution >= 0.6 is 0 Å². The number of carbonyl (C=O) groups excluding carboxylic acids is 1. The first kappa shape index (κ1) is 17.2. The highest BCUT2D eigenvalue weighted by molar-refractivity contribution is 6.08. The molecule has 1 amide bonds. The number of aryl methyl sites for hydroxylation is 1. The van der Waals surface area contributed by atoms with Gasteiger partial charge in [-0.2, -0.15) is 0 Å². The fraction of sp³-hybridized carbons (Fsp3) is 0.105. The molecule has 2 aromatic carbocycles. The monoisotopic (exact) mass is 352 g/mol. The molecule has 0 spiro atoms. The van der Waals surface area contributed by atoms with Crippen molar-refractivity contribution in [2.24, 2.45) is 0 Å². The van der Waals surface area contributed by atoms with E-state index in [4.69, 9.17) is 9.84 Å². The number of nitrogens with zero attached hydrogens (tertiary/aromatic N) is 1. The van der Waals surface area contributed by atoms with Crippen LogP contribution in [0.4, 0.5) is 0 Å². The van der Waals surface area contributed by atoms with Crippen LogP contribution in [0.2, 0.25) is 0 Å². The van der Waals surface area contributed by atoms with Crippen molar-refractivity contribution in [2.75, 3.05) is 6.54 Å². The van der Waals surface area contributed by atoms with Crippen molar-refractivity contribution in [2.45, 2.75) is 6.92 Å². The SMILES string of the molecule is Cc1nc(C(=O)NCC(=O)O)c2cc(Oc3ccccc3)ccc2c1O. The van der Waals surface area contributed by atoms with E-state index in [2.05, 4.69) is 10.3 Å². The van der Waals surface area contributed by atoms with Gasteiger partial charge in [-0.3, -0.25) is 9.59 Å². The fourth-order valence-corrected chi connectivity index (χ4v) is 2.50. The topological polar surface area (TPSA) is 109 Å². The molecule has 0 saturated carbocycles. The van der Waals surface area contributed by atoms with E-state index >= 15 is 0 Å². The maximum Gasteiger partial charge on any atom is 0.322 e. The molecule has 132 valence electrons. The van der Waals surface area contributed by atoms with Crippen LogP contribution in [-0.2, 0) is 4.79 Å². The minimum atomic E-state index is -1.16. The van der Waals surface area contributed by atoms with Gasteiger partial charge in [0.15, 0.2) is 0 Å². The summed E-state index contributed by atoms with van der Waals surface area (Å²) >= 11 is 0. The Morgan fingerprint density at radius 3 is 2.50 bits per heavy atom. The molecule has 0 atom stereocenters. The molecule has 3 N–H and O–H groups in total. The minimum absolute atomic E-state index is 0.0232. The number of aromatic nitrogens is 1. The summed E-state index contributed by atoms with van der Waals surface area (Å²) in [5.74, 6) is -0.765. The van der Waals surface area contributed by atoms with Crippen molar-refractivity contribution in [3.63, 3.8) is 0 Å². The number of hydrogen-bond acceptors (Lipinski definition) is 5. The van der Waals surface area contributed by atoms with Crippen molar-refractivity contribution >= 4 is 22.6 Å². The van der Waals surface area contributed by atoms with Gasteiger partial charge in [-0.15, -0.1) is 0 Å². The van der Waals surface area contributed by atoms with Crippen molar-refractivity contribution in [1.82, 2.24) is 10.3 Å². The fourth-order valence-electron chi connectivity index (χ4n) is 2.50. The third-order valence-electron chi connectivity index (χ3n) is 3.72. The van der Waals surface area contributed by atoms with Gasteiger partial charge in [0.1, 0.15) is 29.5 Å². The van der Waals surface area contributed by atoms with Gasteiger partial charge in [-0.1, -0.05) is 18.2 Å². The maximum absolute atomic E-state index is 12.3. The number of rotatable bonds is 5. The number of benzene rings is 2. The Morgan fingerprint density at radius 1 is 1.08 bits per heavy atom. The molecular formula is C19H16N2O5. The second-order valence-corrected chi connectivity index (χ2v) is 5.59. The van der Waals surface area contributed by atoms with E-state index in [1.807, 2.05) is 18.2 Å². The molecule has 0 aliphatic carbocycles. The predicted molar refractivity (Wildman–Crippen MR) is 94.6 cm³/mol. The van der Waals surface area contributed by atoms with E-state index in [1.54, 1.807) is 37.3 Å². The number of carbonyl (C=O) groups is 2. The van der Waals surface area contributed by atoms with Gasteiger partial charge in [0.25, 0.3) is 5.91 Å². The third-order valence-corrected chi connectivity index (χ3v) is 3.72. The average molecular weight is 352 g/mol. The molecule has 0 fully saturated rings.